The van der Waals surface area contributed by atoms with Gasteiger partial charge in [0.05, 0.1) is 11.8 Å². The summed E-state index contributed by atoms with van der Waals surface area (Å²) in [4.78, 5) is 24.7. The maximum Gasteiger partial charge on any atom is 0.435 e. The van der Waals surface area contributed by atoms with Crippen LogP contribution in [0.3, 0.4) is 0 Å². The summed E-state index contributed by atoms with van der Waals surface area (Å²) < 4.78 is 39.6. The first-order valence-electron chi connectivity index (χ1n) is 6.74. The van der Waals surface area contributed by atoms with E-state index in [-0.39, 0.29) is 18.0 Å². The Bertz CT molecular complexity index is 655. The van der Waals surface area contributed by atoms with Crippen LogP contribution in [0, 0.1) is 11.3 Å². The number of carboxylic acid groups (broad SMARTS) is 1. The predicted octanol–water partition coefficient (Wildman–Crippen LogP) is 0.914. The molecule has 1 aromatic heterocycles. The van der Waals surface area contributed by atoms with Gasteiger partial charge in [0, 0.05) is 31.9 Å². The number of halogens is 3. The first kappa shape index (κ1) is 14.9. The molecule has 1 saturated heterocycles. The minimum atomic E-state index is -4.62. The van der Waals surface area contributed by atoms with Gasteiger partial charge in [0.25, 0.3) is 0 Å². The van der Waals surface area contributed by atoms with Crippen LogP contribution in [-0.2, 0) is 29.2 Å². The molecule has 2 fully saturated rings. The molecule has 0 bridgehead atoms. The Morgan fingerprint density at radius 2 is 2.18 bits per heavy atom. The zero-order valence-corrected chi connectivity index (χ0v) is 11.7. The largest absolute Gasteiger partial charge is 0.481 e. The number of likely N-dealkylation sites (tertiary alicyclic amines) is 1. The van der Waals surface area contributed by atoms with E-state index >= 15 is 0 Å². The number of piperidine rings is 1. The molecule has 1 saturated carbocycles. The summed E-state index contributed by atoms with van der Waals surface area (Å²) in [6, 6.07) is 0. The van der Waals surface area contributed by atoms with Crippen LogP contribution in [0.5, 0.6) is 0 Å². The number of nitrogens with zero attached hydrogens (tertiary/aromatic N) is 3. The van der Waals surface area contributed by atoms with Gasteiger partial charge in [-0.15, -0.1) is 0 Å². The summed E-state index contributed by atoms with van der Waals surface area (Å²) in [6.45, 7) is 0.375. The Labute approximate surface area is 123 Å². The summed E-state index contributed by atoms with van der Waals surface area (Å²) >= 11 is 0. The summed E-state index contributed by atoms with van der Waals surface area (Å²) in [6.07, 6.45) is -3.34. The Balaban J connectivity index is 1.73. The molecule has 2 heterocycles. The fourth-order valence-electron chi connectivity index (χ4n) is 3.18. The zero-order valence-electron chi connectivity index (χ0n) is 11.7. The quantitative estimate of drug-likeness (QED) is 0.899. The molecule has 2 unspecified atom stereocenters. The smallest absolute Gasteiger partial charge is 0.435 e. The van der Waals surface area contributed by atoms with Gasteiger partial charge in [0.15, 0.2) is 5.69 Å². The highest BCUT2D eigenvalue weighted by molar-refractivity contribution is 5.84. The summed E-state index contributed by atoms with van der Waals surface area (Å²) in [5.74, 6) is -1.51. The van der Waals surface area contributed by atoms with Crippen LogP contribution in [0.4, 0.5) is 13.2 Å². The number of rotatable bonds is 3. The molecule has 2 atom stereocenters. The molecule has 2 aliphatic rings. The van der Waals surface area contributed by atoms with Crippen LogP contribution < -0.4 is 0 Å². The van der Waals surface area contributed by atoms with Gasteiger partial charge in [-0.05, 0) is 12.3 Å². The molecule has 1 aliphatic heterocycles. The molecule has 0 aromatic carbocycles. The van der Waals surface area contributed by atoms with Crippen molar-refractivity contribution in [3.05, 3.63) is 17.5 Å². The first-order valence-corrected chi connectivity index (χ1v) is 6.74. The standard InChI is InChI=1S/C13H14F3N3O3/c1-18-4-7(10(17-18)13(14,15)16)2-9(20)19-5-8-3-12(8,6-19)11(21)22/h4,8H,2-3,5-6H2,1H3,(H,21,22). The van der Waals surface area contributed by atoms with Gasteiger partial charge >= 0.3 is 12.1 Å². The third kappa shape index (κ3) is 2.24. The van der Waals surface area contributed by atoms with Crippen molar-refractivity contribution in [2.45, 2.75) is 19.0 Å². The van der Waals surface area contributed by atoms with E-state index in [0.717, 1.165) is 4.68 Å². The number of hydrogen-bond acceptors (Lipinski definition) is 3. The maximum atomic E-state index is 12.8. The van der Waals surface area contributed by atoms with Crippen LogP contribution >= 0.6 is 0 Å². The third-order valence-electron chi connectivity index (χ3n) is 4.44. The lowest BCUT2D eigenvalue weighted by Gasteiger charge is -2.19. The molecule has 1 aliphatic carbocycles. The molecule has 1 amide bonds. The molecule has 3 rings (SSSR count). The molecule has 6 nitrogen and oxygen atoms in total. The second-order valence-corrected chi connectivity index (χ2v) is 5.99. The SMILES string of the molecule is Cn1cc(CC(=O)N2CC3CC3(C(=O)O)C2)c(C(F)(F)F)n1. The monoisotopic (exact) mass is 317 g/mol. The summed E-state index contributed by atoms with van der Waals surface area (Å²) in [5.41, 5.74) is -2.14. The van der Waals surface area contributed by atoms with Gasteiger partial charge in [0.2, 0.25) is 5.91 Å². The second-order valence-electron chi connectivity index (χ2n) is 5.99. The van der Waals surface area contributed by atoms with Gasteiger partial charge in [-0.3, -0.25) is 14.3 Å². The van der Waals surface area contributed by atoms with Crippen LogP contribution in [0.2, 0.25) is 0 Å². The lowest BCUT2D eigenvalue weighted by Crippen LogP contribution is -2.35. The van der Waals surface area contributed by atoms with E-state index in [1.165, 1.54) is 18.1 Å². The van der Waals surface area contributed by atoms with Gasteiger partial charge < -0.3 is 10.0 Å². The normalized spacial score (nSPS) is 26.9. The van der Waals surface area contributed by atoms with Gasteiger partial charge in [-0.25, -0.2) is 0 Å². The van der Waals surface area contributed by atoms with Crippen molar-refractivity contribution in [1.29, 1.82) is 0 Å². The number of carbonyl (C=O) groups is 2. The van der Waals surface area contributed by atoms with Crippen molar-refractivity contribution in [1.82, 2.24) is 14.7 Å². The molecule has 0 spiro atoms. The fraction of sp³-hybridized carbons (Fsp3) is 0.615. The summed E-state index contributed by atoms with van der Waals surface area (Å²) in [5, 5.41) is 12.5. The molecule has 22 heavy (non-hydrogen) atoms. The van der Waals surface area contributed by atoms with Crippen molar-refractivity contribution >= 4 is 11.9 Å². The number of aromatic nitrogens is 2. The second kappa shape index (κ2) is 4.47. The number of carboxylic acids is 1. The fourth-order valence-corrected chi connectivity index (χ4v) is 3.18. The lowest BCUT2D eigenvalue weighted by atomic mass is 10.1. The highest BCUT2D eigenvalue weighted by Gasteiger charge is 2.66. The van der Waals surface area contributed by atoms with E-state index < -0.39 is 35.6 Å². The Kier molecular flexibility index (Phi) is 3.02. The third-order valence-corrected chi connectivity index (χ3v) is 4.44. The van der Waals surface area contributed by atoms with Crippen LogP contribution in [0.1, 0.15) is 17.7 Å². The topological polar surface area (TPSA) is 75.4 Å². The van der Waals surface area contributed by atoms with Crippen LogP contribution in [0.25, 0.3) is 0 Å². The minimum absolute atomic E-state index is 0.0768. The van der Waals surface area contributed by atoms with E-state index in [1.807, 2.05) is 0 Å². The number of alkyl halides is 3. The average molecular weight is 317 g/mol. The van der Waals surface area contributed by atoms with Crippen molar-refractivity contribution in [2.24, 2.45) is 18.4 Å². The molecule has 0 radical (unpaired) electrons. The number of amides is 1. The molecule has 1 N–H and O–H groups in total. The van der Waals surface area contributed by atoms with E-state index in [2.05, 4.69) is 5.10 Å². The minimum Gasteiger partial charge on any atom is -0.481 e. The first-order chi connectivity index (χ1) is 10.1. The van der Waals surface area contributed by atoms with E-state index in [1.54, 1.807) is 0 Å². The van der Waals surface area contributed by atoms with E-state index in [4.69, 9.17) is 5.11 Å². The van der Waals surface area contributed by atoms with Crippen molar-refractivity contribution in [3.63, 3.8) is 0 Å². The highest BCUT2D eigenvalue weighted by Crippen LogP contribution is 2.57. The Hall–Kier alpha value is -2.06. The van der Waals surface area contributed by atoms with Crippen LogP contribution in [-0.4, -0.2) is 44.8 Å². The van der Waals surface area contributed by atoms with Crippen LogP contribution in [0.15, 0.2) is 6.20 Å². The van der Waals surface area contributed by atoms with Crippen molar-refractivity contribution in [3.8, 4) is 0 Å². The van der Waals surface area contributed by atoms with E-state index in [9.17, 15) is 22.8 Å². The lowest BCUT2D eigenvalue weighted by molar-refractivity contribution is -0.144. The molecule has 9 heteroatoms. The number of aliphatic carboxylic acids is 1. The number of aryl methyl sites for hydroxylation is 1. The average Bonchev–Trinajstić information content (AvgIpc) is 2.77. The number of fused-ring (bicyclic) bond motifs is 1. The maximum absolute atomic E-state index is 12.8. The Morgan fingerprint density at radius 1 is 1.50 bits per heavy atom. The van der Waals surface area contributed by atoms with Gasteiger partial charge in [0.1, 0.15) is 0 Å². The predicted molar refractivity (Wildman–Crippen MR) is 66.7 cm³/mol. The van der Waals surface area contributed by atoms with Gasteiger partial charge in [-0.1, -0.05) is 0 Å². The molecular formula is C13H14F3N3O3. The van der Waals surface area contributed by atoms with Crippen molar-refractivity contribution < 1.29 is 27.9 Å². The number of hydrogen-bond donors (Lipinski definition) is 1. The summed E-state index contributed by atoms with van der Waals surface area (Å²) in [7, 11) is 1.35. The number of carbonyl (C=O) groups excluding carboxylic acids is 1. The highest BCUT2D eigenvalue weighted by atomic mass is 19.4. The van der Waals surface area contributed by atoms with Crippen molar-refractivity contribution in [2.75, 3.05) is 13.1 Å². The molecule has 1 aromatic rings. The molecule has 120 valence electrons. The Morgan fingerprint density at radius 3 is 2.73 bits per heavy atom. The van der Waals surface area contributed by atoms with E-state index in [0.29, 0.717) is 13.0 Å². The van der Waals surface area contributed by atoms with Gasteiger partial charge in [-0.2, -0.15) is 18.3 Å². The zero-order chi connectivity index (χ0) is 16.3. The molecular weight excluding hydrogens is 303 g/mol.